The van der Waals surface area contributed by atoms with Gasteiger partial charge in [-0.25, -0.2) is 9.80 Å². The number of amides is 2. The molecule has 0 heterocycles. The molecule has 0 rings (SSSR count). The quantitative estimate of drug-likeness (QED) is 0.400. The van der Waals surface area contributed by atoms with Crippen molar-refractivity contribution in [2.45, 2.75) is 0 Å². The Morgan fingerprint density at radius 1 is 1.58 bits per heavy atom. The Morgan fingerprint density at radius 2 is 2.17 bits per heavy atom. The van der Waals surface area contributed by atoms with E-state index in [0.29, 0.717) is 5.01 Å². The van der Waals surface area contributed by atoms with Gasteiger partial charge in [0.15, 0.2) is 0 Å². The minimum absolute atomic E-state index is 0.102. The summed E-state index contributed by atoms with van der Waals surface area (Å²) in [6.07, 6.45) is 0. The minimum atomic E-state index is -0.587. The summed E-state index contributed by atoms with van der Waals surface area (Å²) in [5.41, 5.74) is 2.35. The molecule has 0 aliphatic heterocycles. The average Bonchev–Trinajstić information content (AvgIpc) is 1.98. The van der Waals surface area contributed by atoms with Crippen LogP contribution >= 0.6 is 11.6 Å². The van der Waals surface area contributed by atoms with Crippen LogP contribution in [0.15, 0.2) is 5.29 Å². The lowest BCUT2D eigenvalue weighted by Gasteiger charge is -2.16. The monoisotopic (exact) mass is 194 g/mol. The SMILES string of the molecule is CN(C)NC(=O)N(CCCl)N=O. The first-order valence-electron chi connectivity index (χ1n) is 3.26. The fourth-order valence-electron chi connectivity index (χ4n) is 0.509. The van der Waals surface area contributed by atoms with Gasteiger partial charge in [-0.05, 0) is 0 Å². The summed E-state index contributed by atoms with van der Waals surface area (Å²) in [4.78, 5) is 21.1. The molecule has 0 aliphatic carbocycles. The van der Waals surface area contributed by atoms with Gasteiger partial charge >= 0.3 is 6.03 Å². The van der Waals surface area contributed by atoms with Crippen LogP contribution in [0, 0.1) is 4.91 Å². The normalized spacial score (nSPS) is 9.67. The Labute approximate surface area is 75.4 Å². The van der Waals surface area contributed by atoms with Crippen LogP contribution in [0.5, 0.6) is 0 Å². The molecule has 6 nitrogen and oxygen atoms in total. The average molecular weight is 195 g/mol. The highest BCUT2D eigenvalue weighted by Crippen LogP contribution is 1.91. The molecule has 7 heteroatoms. The van der Waals surface area contributed by atoms with Gasteiger partial charge in [-0.3, -0.25) is 5.43 Å². The van der Waals surface area contributed by atoms with E-state index in [-0.39, 0.29) is 12.4 Å². The Morgan fingerprint density at radius 3 is 2.50 bits per heavy atom. The number of hydrogen-bond donors (Lipinski definition) is 1. The number of halogens is 1. The Balaban J connectivity index is 3.93. The van der Waals surface area contributed by atoms with E-state index in [1.54, 1.807) is 14.1 Å². The summed E-state index contributed by atoms with van der Waals surface area (Å²) in [6, 6.07) is -0.587. The van der Waals surface area contributed by atoms with Crippen molar-refractivity contribution >= 4 is 17.6 Å². The molecule has 1 N–H and O–H groups in total. The van der Waals surface area contributed by atoms with Gasteiger partial charge in [0, 0.05) is 20.0 Å². The Kier molecular flexibility index (Phi) is 5.31. The van der Waals surface area contributed by atoms with E-state index in [4.69, 9.17) is 11.6 Å². The van der Waals surface area contributed by atoms with Crippen molar-refractivity contribution in [2.75, 3.05) is 26.5 Å². The van der Waals surface area contributed by atoms with Gasteiger partial charge in [-0.15, -0.1) is 16.5 Å². The molecule has 70 valence electrons. The molecule has 0 aromatic heterocycles. The third-order valence-corrected chi connectivity index (χ3v) is 1.12. The maximum atomic E-state index is 11.0. The Bertz CT molecular complexity index is 164. The third kappa shape index (κ3) is 4.09. The van der Waals surface area contributed by atoms with Crippen molar-refractivity contribution < 1.29 is 4.79 Å². The van der Waals surface area contributed by atoms with Crippen molar-refractivity contribution in [3.05, 3.63) is 4.91 Å². The van der Waals surface area contributed by atoms with Gasteiger partial charge in [0.1, 0.15) is 0 Å². The zero-order valence-electron chi connectivity index (χ0n) is 6.95. The lowest BCUT2D eigenvalue weighted by atomic mass is 10.7. The first kappa shape index (κ1) is 11.1. The predicted molar refractivity (Wildman–Crippen MR) is 45.4 cm³/mol. The van der Waals surface area contributed by atoms with Gasteiger partial charge in [0.05, 0.1) is 11.8 Å². The standard InChI is InChI=1S/C5H11ClN4O2/c1-9(2)7-5(11)10(8-12)4-3-6/h3-4H2,1-2H3,(H,7,11). The highest BCUT2D eigenvalue weighted by atomic mass is 35.5. The van der Waals surface area contributed by atoms with Crippen LogP contribution < -0.4 is 5.43 Å². The number of nitroso groups, excluding NO2 is 1. The molecule has 0 radical (unpaired) electrons. The second-order valence-corrected chi connectivity index (χ2v) is 2.58. The summed E-state index contributed by atoms with van der Waals surface area (Å²) in [7, 11) is 3.25. The number of rotatable bonds is 4. The number of carbonyl (C=O) groups is 1. The van der Waals surface area contributed by atoms with E-state index in [1.165, 1.54) is 5.01 Å². The molecular weight excluding hydrogens is 184 g/mol. The van der Waals surface area contributed by atoms with E-state index in [1.807, 2.05) is 0 Å². The first-order valence-corrected chi connectivity index (χ1v) is 3.80. The van der Waals surface area contributed by atoms with Crippen molar-refractivity contribution in [2.24, 2.45) is 5.29 Å². The predicted octanol–water partition coefficient (Wildman–Crippen LogP) is 0.395. The molecule has 0 saturated carbocycles. The minimum Gasteiger partial charge on any atom is -0.269 e. The van der Waals surface area contributed by atoms with Crippen molar-refractivity contribution in [1.29, 1.82) is 0 Å². The molecular formula is C5H11ClN4O2. The lowest BCUT2D eigenvalue weighted by Crippen LogP contribution is -2.44. The Hall–Kier alpha value is -0.880. The number of nitrogens with one attached hydrogen (secondary N) is 1. The molecule has 0 bridgehead atoms. The number of hydrazine groups is 1. The van der Waals surface area contributed by atoms with Crippen LogP contribution in [-0.2, 0) is 0 Å². The maximum absolute atomic E-state index is 11.0. The second kappa shape index (κ2) is 5.73. The summed E-state index contributed by atoms with van der Waals surface area (Å²) in [5.74, 6) is 0.173. The van der Waals surface area contributed by atoms with Crippen LogP contribution in [0.4, 0.5) is 4.79 Å². The maximum Gasteiger partial charge on any atom is 0.354 e. The zero-order chi connectivity index (χ0) is 9.56. The van der Waals surface area contributed by atoms with Gasteiger partial charge in [-0.2, -0.15) is 5.01 Å². The highest BCUT2D eigenvalue weighted by Gasteiger charge is 2.12. The van der Waals surface area contributed by atoms with E-state index in [0.717, 1.165) is 0 Å². The van der Waals surface area contributed by atoms with Gasteiger partial charge in [0.25, 0.3) is 0 Å². The number of alkyl halides is 1. The van der Waals surface area contributed by atoms with E-state index in [9.17, 15) is 9.70 Å². The van der Waals surface area contributed by atoms with E-state index in [2.05, 4.69) is 10.7 Å². The van der Waals surface area contributed by atoms with Crippen LogP contribution in [0.25, 0.3) is 0 Å². The fraction of sp³-hybridized carbons (Fsp3) is 0.800. The van der Waals surface area contributed by atoms with Crippen molar-refractivity contribution in [3.8, 4) is 0 Å². The molecule has 12 heavy (non-hydrogen) atoms. The molecule has 2 amide bonds. The summed E-state index contributed by atoms with van der Waals surface area (Å²) in [6.45, 7) is 0.102. The molecule has 0 unspecified atom stereocenters. The van der Waals surface area contributed by atoms with Crippen LogP contribution in [0.1, 0.15) is 0 Å². The van der Waals surface area contributed by atoms with Gasteiger partial charge in [-0.1, -0.05) is 0 Å². The second-order valence-electron chi connectivity index (χ2n) is 2.21. The topological polar surface area (TPSA) is 65.0 Å². The van der Waals surface area contributed by atoms with E-state index < -0.39 is 6.03 Å². The lowest BCUT2D eigenvalue weighted by molar-refractivity contribution is 0.174. The molecule has 0 atom stereocenters. The van der Waals surface area contributed by atoms with Gasteiger partial charge < -0.3 is 0 Å². The third-order valence-electron chi connectivity index (χ3n) is 0.949. The molecule has 0 saturated heterocycles. The van der Waals surface area contributed by atoms with E-state index >= 15 is 0 Å². The smallest absolute Gasteiger partial charge is 0.269 e. The molecule has 0 aromatic rings. The summed E-state index contributed by atoms with van der Waals surface area (Å²) in [5, 5.41) is 4.62. The molecule has 0 aromatic carbocycles. The van der Waals surface area contributed by atoms with Crippen molar-refractivity contribution in [3.63, 3.8) is 0 Å². The number of hydrogen-bond acceptors (Lipinski definition) is 4. The fourth-order valence-corrected chi connectivity index (χ4v) is 0.669. The molecule has 0 aliphatic rings. The number of nitrogens with zero attached hydrogens (tertiary/aromatic N) is 3. The summed E-state index contributed by atoms with van der Waals surface area (Å²) < 4.78 is 0. The van der Waals surface area contributed by atoms with Gasteiger partial charge in [0.2, 0.25) is 0 Å². The highest BCUT2D eigenvalue weighted by molar-refractivity contribution is 6.18. The molecule has 0 spiro atoms. The van der Waals surface area contributed by atoms with Crippen LogP contribution in [0.2, 0.25) is 0 Å². The number of carbonyl (C=O) groups excluding carboxylic acids is 1. The largest absolute Gasteiger partial charge is 0.354 e. The summed E-state index contributed by atoms with van der Waals surface area (Å²) >= 11 is 5.32. The number of urea groups is 1. The van der Waals surface area contributed by atoms with Crippen LogP contribution in [-0.4, -0.2) is 42.6 Å². The molecule has 0 fully saturated rings. The van der Waals surface area contributed by atoms with Crippen molar-refractivity contribution in [1.82, 2.24) is 15.4 Å². The zero-order valence-corrected chi connectivity index (χ0v) is 7.71. The first-order chi connectivity index (χ1) is 5.61. The van der Waals surface area contributed by atoms with Crippen LogP contribution in [0.3, 0.4) is 0 Å².